The van der Waals surface area contributed by atoms with Crippen LogP contribution in [0.5, 0.6) is 0 Å². The maximum Gasteiger partial charge on any atom is 0.316 e. The second kappa shape index (κ2) is 20.5. The second-order valence-electron chi connectivity index (χ2n) is 20.1. The number of hydrogen-bond donors (Lipinski definition) is 4. The molecule has 6 heterocycles. The highest BCUT2D eigenvalue weighted by Gasteiger charge is 2.70. The molecule has 0 aromatic rings. The van der Waals surface area contributed by atoms with Gasteiger partial charge >= 0.3 is 5.97 Å². The number of ether oxygens (including phenoxy) is 10. The second-order valence-corrected chi connectivity index (χ2v) is 20.1. The van der Waals surface area contributed by atoms with Crippen molar-refractivity contribution in [1.29, 1.82) is 0 Å². The Balaban J connectivity index is 1.22. The number of allylic oxidation sites excluding steroid dienone is 2. The van der Waals surface area contributed by atoms with Crippen LogP contribution < -0.4 is 0 Å². The molecule has 2 bridgehead atoms. The standard InChI is InChI=1S/C49H76O16/c1-12-25(2)42-28(5)18-19-48(63-42)24-33-21-32(62-48)17-16-27(4)41(60-39-23-37(56-11)43(31(8)58-39)61-38-22-36(55-10)40(50)30(7)57-38)26(3)14-13-15-34-46(65-54)64-47(9)44(51)29(6)20-35(45(52)59-33)49(34,47)53/h13-16,20,25-26,28,30-33,35-44,46,50-51,53-54H,12,17-19,21-24H2,1-11H3/b14-13+,27-16+,34-15+/t25-,26-,28-,30-,31+,32-,33-,35-,36-,37-,38-,39-,40-,41-,42+,43+,44+,46?,47+,48+,49+/m0/s1. The first-order valence-electron chi connectivity index (χ1n) is 23.9. The zero-order valence-corrected chi connectivity index (χ0v) is 40.1. The SMILES string of the molecule is CC[C@H](C)[C@H]1O[C@]2(CC[C@@H]1C)C[C@@H]1C[C@H](C/C=C(\C)[C@@H](O[C@H]3C[C@H](OC)[C@H](O[C@H]4C[C@H](OC)[C@@H](O)[C@H](C)O4)[C@@H](C)O3)[C@@H](C)/C=C/C=C3\C(OO)O[C@]4(C)[C@H](O)C(C)=C[C@@H](C(=O)O1)[C@]34O)O2. The summed E-state index contributed by atoms with van der Waals surface area (Å²) in [5.74, 6) is -2.74. The van der Waals surface area contributed by atoms with Crippen LogP contribution in [0.25, 0.3) is 0 Å². The van der Waals surface area contributed by atoms with Gasteiger partial charge in [-0.2, -0.15) is 0 Å². The highest BCUT2D eigenvalue weighted by atomic mass is 17.1. The molecule has 1 unspecified atom stereocenters. The average Bonchev–Trinajstić information content (AvgIpc) is 3.51. The Morgan fingerprint density at radius 3 is 2.29 bits per heavy atom. The maximum atomic E-state index is 14.6. The molecule has 368 valence electrons. The van der Waals surface area contributed by atoms with E-state index in [1.54, 1.807) is 40.2 Å². The third-order valence-corrected chi connectivity index (χ3v) is 15.6. The number of hydrogen-bond acceptors (Lipinski definition) is 16. The lowest BCUT2D eigenvalue weighted by Gasteiger charge is -2.51. The molecule has 0 aromatic carbocycles. The number of fused-ring (bicyclic) bond motifs is 2. The van der Waals surface area contributed by atoms with E-state index in [1.807, 2.05) is 26.8 Å². The molecule has 0 saturated carbocycles. The fraction of sp³-hybridized carbons (Fsp3) is 0.816. The number of carbonyl (C=O) groups is 1. The molecule has 5 saturated heterocycles. The van der Waals surface area contributed by atoms with Crippen molar-refractivity contribution in [2.45, 2.75) is 217 Å². The van der Waals surface area contributed by atoms with E-state index in [2.05, 4.69) is 26.8 Å². The summed E-state index contributed by atoms with van der Waals surface area (Å²) in [7, 11) is 3.19. The van der Waals surface area contributed by atoms with Gasteiger partial charge in [0.1, 0.15) is 41.5 Å². The number of carbonyl (C=O) groups excluding carboxylic acids is 1. The molecular weight excluding hydrogens is 845 g/mol. The lowest BCUT2D eigenvalue weighted by atomic mass is 9.64. The van der Waals surface area contributed by atoms with Gasteiger partial charge in [0.25, 0.3) is 0 Å². The van der Waals surface area contributed by atoms with Crippen molar-refractivity contribution in [3.05, 3.63) is 47.1 Å². The molecule has 7 aliphatic rings. The number of aliphatic hydroxyl groups excluding tert-OH is 2. The quantitative estimate of drug-likeness (QED) is 0.0935. The highest BCUT2D eigenvalue weighted by Crippen LogP contribution is 2.55. The number of aliphatic hydroxyl groups is 3. The summed E-state index contributed by atoms with van der Waals surface area (Å²) in [4.78, 5) is 19.4. The minimum Gasteiger partial charge on any atom is -0.462 e. The van der Waals surface area contributed by atoms with Gasteiger partial charge in [0.15, 0.2) is 18.4 Å². The predicted molar refractivity (Wildman–Crippen MR) is 235 cm³/mol. The van der Waals surface area contributed by atoms with Crippen LogP contribution in [-0.2, 0) is 57.1 Å². The van der Waals surface area contributed by atoms with Crippen LogP contribution >= 0.6 is 0 Å². The maximum absolute atomic E-state index is 14.6. The van der Waals surface area contributed by atoms with E-state index in [-0.39, 0.29) is 23.5 Å². The van der Waals surface area contributed by atoms with Gasteiger partial charge in [-0.05, 0) is 70.4 Å². The van der Waals surface area contributed by atoms with Gasteiger partial charge < -0.3 is 62.7 Å². The molecule has 5 fully saturated rings. The molecule has 1 spiro atoms. The first-order chi connectivity index (χ1) is 30.8. The fourth-order valence-electron chi connectivity index (χ4n) is 11.5. The number of rotatable bonds is 9. The Labute approximate surface area is 384 Å². The van der Waals surface area contributed by atoms with Gasteiger partial charge in [-0.3, -0.25) is 4.79 Å². The van der Waals surface area contributed by atoms with E-state index in [4.69, 9.17) is 52.3 Å². The van der Waals surface area contributed by atoms with Crippen molar-refractivity contribution in [2.24, 2.45) is 23.7 Å². The Kier molecular flexibility index (Phi) is 16.0. The predicted octanol–water partition coefficient (Wildman–Crippen LogP) is 5.81. The van der Waals surface area contributed by atoms with Crippen LogP contribution in [-0.4, -0.2) is 144 Å². The third kappa shape index (κ3) is 9.87. The molecule has 16 nitrogen and oxygen atoms in total. The van der Waals surface area contributed by atoms with E-state index in [0.717, 1.165) is 18.4 Å². The monoisotopic (exact) mass is 921 g/mol. The van der Waals surface area contributed by atoms with Crippen LogP contribution in [0.1, 0.15) is 114 Å². The summed E-state index contributed by atoms with van der Waals surface area (Å²) >= 11 is 0. The van der Waals surface area contributed by atoms with Crippen LogP contribution in [0, 0.1) is 23.7 Å². The fourth-order valence-corrected chi connectivity index (χ4v) is 11.5. The van der Waals surface area contributed by atoms with Crippen molar-refractivity contribution >= 4 is 5.97 Å². The molecule has 4 N–H and O–H groups in total. The summed E-state index contributed by atoms with van der Waals surface area (Å²) in [5.41, 5.74) is -2.65. The lowest BCUT2D eigenvalue weighted by molar-refractivity contribution is -0.346. The van der Waals surface area contributed by atoms with E-state index in [9.17, 15) is 25.4 Å². The van der Waals surface area contributed by atoms with Gasteiger partial charge in [-0.15, -0.1) is 0 Å². The topological polar surface area (TPSA) is 200 Å². The smallest absolute Gasteiger partial charge is 0.316 e. The van der Waals surface area contributed by atoms with E-state index in [0.29, 0.717) is 50.0 Å². The van der Waals surface area contributed by atoms with E-state index in [1.165, 1.54) is 13.0 Å². The van der Waals surface area contributed by atoms with Gasteiger partial charge in [0, 0.05) is 57.8 Å². The van der Waals surface area contributed by atoms with Crippen LogP contribution in [0.15, 0.2) is 47.1 Å². The summed E-state index contributed by atoms with van der Waals surface area (Å²) in [6.45, 7) is 17.4. The third-order valence-electron chi connectivity index (χ3n) is 15.6. The van der Waals surface area contributed by atoms with E-state index < -0.39 is 109 Å². The molecule has 0 radical (unpaired) electrons. The van der Waals surface area contributed by atoms with Gasteiger partial charge in [-0.25, -0.2) is 10.1 Å². The van der Waals surface area contributed by atoms with E-state index >= 15 is 0 Å². The molecule has 16 heteroatoms. The largest absolute Gasteiger partial charge is 0.462 e. The number of methoxy groups -OCH3 is 2. The summed E-state index contributed by atoms with van der Waals surface area (Å²) in [6, 6.07) is 0. The first-order valence-corrected chi connectivity index (χ1v) is 23.9. The first kappa shape index (κ1) is 50.7. The minimum atomic E-state index is -2.20. The van der Waals surface area contributed by atoms with Gasteiger partial charge in [0.2, 0.25) is 6.29 Å². The molecule has 6 aliphatic heterocycles. The normalized spacial score (nSPS) is 50.0. The van der Waals surface area contributed by atoms with Crippen molar-refractivity contribution in [2.75, 3.05) is 14.2 Å². The highest BCUT2D eigenvalue weighted by molar-refractivity contribution is 5.79. The molecule has 7 rings (SSSR count). The Morgan fingerprint density at radius 2 is 1.60 bits per heavy atom. The molecular formula is C49H76O16. The summed E-state index contributed by atoms with van der Waals surface area (Å²) < 4.78 is 64.0. The van der Waals surface area contributed by atoms with Crippen LogP contribution in [0.3, 0.4) is 0 Å². The molecule has 0 aromatic heterocycles. The zero-order valence-electron chi connectivity index (χ0n) is 40.1. The molecule has 21 atom stereocenters. The Hall–Kier alpha value is -2.13. The molecule has 0 amide bonds. The van der Waals surface area contributed by atoms with Gasteiger partial charge in [-0.1, -0.05) is 64.5 Å². The van der Waals surface area contributed by atoms with Crippen molar-refractivity contribution < 1.29 is 77.6 Å². The average molecular weight is 921 g/mol. The van der Waals surface area contributed by atoms with Crippen LogP contribution in [0.4, 0.5) is 0 Å². The molecule has 65 heavy (non-hydrogen) atoms. The zero-order chi connectivity index (χ0) is 47.2. The Bertz CT molecular complexity index is 1780. The summed E-state index contributed by atoms with van der Waals surface area (Å²) in [5, 5.41) is 45.1. The number of esters is 1. The summed E-state index contributed by atoms with van der Waals surface area (Å²) in [6.07, 6.45) is 4.15. The van der Waals surface area contributed by atoms with Crippen molar-refractivity contribution in [1.82, 2.24) is 0 Å². The minimum absolute atomic E-state index is 0.0379. The molecule has 1 aliphatic carbocycles. The van der Waals surface area contributed by atoms with Crippen molar-refractivity contribution in [3.63, 3.8) is 0 Å². The lowest BCUT2D eigenvalue weighted by Crippen LogP contribution is -2.65. The Morgan fingerprint density at radius 1 is 0.908 bits per heavy atom. The van der Waals surface area contributed by atoms with Crippen LogP contribution in [0.2, 0.25) is 0 Å². The van der Waals surface area contributed by atoms with Gasteiger partial charge in [0.05, 0.1) is 42.7 Å². The van der Waals surface area contributed by atoms with Crippen molar-refractivity contribution in [3.8, 4) is 0 Å².